The van der Waals surface area contributed by atoms with E-state index in [1.54, 1.807) is 18.2 Å². The number of aliphatic hydroxyl groups excluding tert-OH is 1. The first-order valence-corrected chi connectivity index (χ1v) is 7.90. The zero-order valence-electron chi connectivity index (χ0n) is 12.8. The minimum atomic E-state index is -0.512. The molecule has 1 saturated carbocycles. The summed E-state index contributed by atoms with van der Waals surface area (Å²) in [6.45, 7) is 5.35. The Kier molecular flexibility index (Phi) is 6.61. The summed E-state index contributed by atoms with van der Waals surface area (Å²) in [5.74, 6) is 0.566. The van der Waals surface area contributed by atoms with Gasteiger partial charge in [-0.05, 0) is 37.8 Å². The maximum Gasteiger partial charge on any atom is 0.128 e. The van der Waals surface area contributed by atoms with Crippen LogP contribution < -0.4 is 0 Å². The minimum absolute atomic E-state index is 0.208. The zero-order chi connectivity index (χ0) is 15.1. The summed E-state index contributed by atoms with van der Waals surface area (Å²) in [6.07, 6.45) is 3.22. The summed E-state index contributed by atoms with van der Waals surface area (Å²) in [7, 11) is 0. The lowest BCUT2D eigenvalue weighted by atomic mass is 10.2. The minimum Gasteiger partial charge on any atom is -0.389 e. The summed E-state index contributed by atoms with van der Waals surface area (Å²) in [5, 5.41) is 10.1. The Hall–Kier alpha value is -0.970. The van der Waals surface area contributed by atoms with E-state index in [1.807, 2.05) is 0 Å². The van der Waals surface area contributed by atoms with Crippen LogP contribution in [-0.4, -0.2) is 42.4 Å². The zero-order valence-corrected chi connectivity index (χ0v) is 12.8. The molecule has 0 radical (unpaired) electrons. The van der Waals surface area contributed by atoms with E-state index in [2.05, 4.69) is 11.8 Å². The van der Waals surface area contributed by atoms with Gasteiger partial charge in [0.05, 0.1) is 19.3 Å². The van der Waals surface area contributed by atoms with Gasteiger partial charge in [0.15, 0.2) is 0 Å². The SMILES string of the molecule is CCCN(CC1CC1)C[C@H](O)COCc1ccccc1F. The summed E-state index contributed by atoms with van der Waals surface area (Å²) >= 11 is 0. The fraction of sp³-hybridized carbons (Fsp3) is 0.647. The highest BCUT2D eigenvalue weighted by Gasteiger charge is 2.24. The molecule has 1 aromatic carbocycles. The van der Waals surface area contributed by atoms with Gasteiger partial charge in [-0.1, -0.05) is 25.1 Å². The molecule has 0 bridgehead atoms. The number of hydrogen-bond donors (Lipinski definition) is 1. The van der Waals surface area contributed by atoms with Crippen LogP contribution in [0, 0.1) is 11.7 Å². The fourth-order valence-electron chi connectivity index (χ4n) is 2.51. The predicted molar refractivity (Wildman–Crippen MR) is 81.5 cm³/mol. The molecule has 1 aromatic rings. The number of halogens is 1. The van der Waals surface area contributed by atoms with Crippen LogP contribution >= 0.6 is 0 Å². The number of benzene rings is 1. The fourth-order valence-corrected chi connectivity index (χ4v) is 2.51. The Morgan fingerprint density at radius 2 is 2.14 bits per heavy atom. The molecule has 1 aliphatic rings. The molecule has 1 aliphatic carbocycles. The van der Waals surface area contributed by atoms with E-state index >= 15 is 0 Å². The van der Waals surface area contributed by atoms with E-state index in [0.717, 1.165) is 25.4 Å². The molecule has 0 unspecified atom stereocenters. The van der Waals surface area contributed by atoms with E-state index in [9.17, 15) is 9.50 Å². The third kappa shape index (κ3) is 6.12. The average Bonchev–Trinajstić information content (AvgIpc) is 3.25. The highest BCUT2D eigenvalue weighted by molar-refractivity contribution is 5.16. The van der Waals surface area contributed by atoms with Gasteiger partial charge in [0.25, 0.3) is 0 Å². The lowest BCUT2D eigenvalue weighted by Crippen LogP contribution is -2.36. The van der Waals surface area contributed by atoms with Crippen molar-refractivity contribution < 1.29 is 14.2 Å². The molecule has 118 valence electrons. The van der Waals surface area contributed by atoms with Gasteiger partial charge >= 0.3 is 0 Å². The highest BCUT2D eigenvalue weighted by atomic mass is 19.1. The van der Waals surface area contributed by atoms with Crippen molar-refractivity contribution in [3.63, 3.8) is 0 Å². The smallest absolute Gasteiger partial charge is 0.128 e. The van der Waals surface area contributed by atoms with Gasteiger partial charge in [0.2, 0.25) is 0 Å². The molecule has 0 heterocycles. The third-order valence-electron chi connectivity index (χ3n) is 3.75. The van der Waals surface area contributed by atoms with Gasteiger partial charge in [0.1, 0.15) is 5.82 Å². The first-order valence-electron chi connectivity index (χ1n) is 7.90. The van der Waals surface area contributed by atoms with Crippen LogP contribution in [0.1, 0.15) is 31.7 Å². The van der Waals surface area contributed by atoms with Crippen molar-refractivity contribution in [1.29, 1.82) is 0 Å². The molecule has 1 atom stereocenters. The predicted octanol–water partition coefficient (Wildman–Crippen LogP) is 2.83. The molecule has 21 heavy (non-hydrogen) atoms. The highest BCUT2D eigenvalue weighted by Crippen LogP contribution is 2.29. The van der Waals surface area contributed by atoms with Crippen LogP contribution in [0.5, 0.6) is 0 Å². The van der Waals surface area contributed by atoms with Crippen molar-refractivity contribution in [2.75, 3.05) is 26.2 Å². The van der Waals surface area contributed by atoms with Crippen molar-refractivity contribution in [3.8, 4) is 0 Å². The molecule has 0 amide bonds. The molecule has 0 saturated heterocycles. The standard InChI is InChI=1S/C17H26FNO2/c1-2-9-19(10-14-7-8-14)11-16(20)13-21-12-15-5-3-4-6-17(15)18/h3-6,14,16,20H,2,7-13H2,1H3/t16-/m0/s1. The quantitative estimate of drug-likeness (QED) is 0.720. The molecule has 0 aromatic heterocycles. The van der Waals surface area contributed by atoms with E-state index in [-0.39, 0.29) is 19.0 Å². The second kappa shape index (κ2) is 8.47. The largest absolute Gasteiger partial charge is 0.389 e. The van der Waals surface area contributed by atoms with E-state index < -0.39 is 6.10 Å². The van der Waals surface area contributed by atoms with Gasteiger partial charge in [-0.25, -0.2) is 4.39 Å². The second-order valence-electron chi connectivity index (χ2n) is 5.96. The lowest BCUT2D eigenvalue weighted by molar-refractivity contribution is 0.00844. The molecule has 3 nitrogen and oxygen atoms in total. The van der Waals surface area contributed by atoms with Crippen LogP contribution in [-0.2, 0) is 11.3 Å². The van der Waals surface area contributed by atoms with E-state index in [0.29, 0.717) is 12.1 Å². The van der Waals surface area contributed by atoms with E-state index in [1.165, 1.54) is 18.9 Å². The van der Waals surface area contributed by atoms with Gasteiger partial charge in [0, 0.05) is 18.7 Å². The number of nitrogens with zero attached hydrogens (tertiary/aromatic N) is 1. The van der Waals surface area contributed by atoms with Gasteiger partial charge in [-0.2, -0.15) is 0 Å². The van der Waals surface area contributed by atoms with Crippen molar-refractivity contribution in [1.82, 2.24) is 4.90 Å². The van der Waals surface area contributed by atoms with Crippen LogP contribution in [0.3, 0.4) is 0 Å². The molecule has 1 N–H and O–H groups in total. The number of hydrogen-bond acceptors (Lipinski definition) is 3. The lowest BCUT2D eigenvalue weighted by Gasteiger charge is -2.24. The molecular formula is C17H26FNO2. The number of rotatable bonds is 10. The monoisotopic (exact) mass is 295 g/mol. The Morgan fingerprint density at radius 3 is 2.81 bits per heavy atom. The number of ether oxygens (including phenoxy) is 1. The Bertz CT molecular complexity index is 423. The maximum atomic E-state index is 13.4. The Labute approximate surface area is 126 Å². The first kappa shape index (κ1) is 16.4. The van der Waals surface area contributed by atoms with Crippen molar-refractivity contribution in [2.24, 2.45) is 5.92 Å². The molecule has 1 fully saturated rings. The van der Waals surface area contributed by atoms with Gasteiger partial charge in [-0.3, -0.25) is 0 Å². The van der Waals surface area contributed by atoms with E-state index in [4.69, 9.17) is 4.74 Å². The molecular weight excluding hydrogens is 269 g/mol. The normalized spacial score (nSPS) is 16.4. The molecule has 0 spiro atoms. The second-order valence-corrected chi connectivity index (χ2v) is 5.96. The van der Waals surface area contributed by atoms with Crippen molar-refractivity contribution in [3.05, 3.63) is 35.6 Å². The molecule has 2 rings (SSSR count). The summed E-state index contributed by atoms with van der Waals surface area (Å²) in [4.78, 5) is 2.31. The van der Waals surface area contributed by atoms with Crippen molar-refractivity contribution in [2.45, 2.75) is 38.9 Å². The third-order valence-corrected chi connectivity index (χ3v) is 3.75. The van der Waals surface area contributed by atoms with Crippen LogP contribution in [0.25, 0.3) is 0 Å². The molecule has 4 heteroatoms. The summed E-state index contributed by atoms with van der Waals surface area (Å²) in [5.41, 5.74) is 0.535. The average molecular weight is 295 g/mol. The van der Waals surface area contributed by atoms with Crippen LogP contribution in [0.2, 0.25) is 0 Å². The summed E-state index contributed by atoms with van der Waals surface area (Å²) < 4.78 is 18.9. The molecule has 0 aliphatic heterocycles. The van der Waals surface area contributed by atoms with Crippen LogP contribution in [0.15, 0.2) is 24.3 Å². The first-order chi connectivity index (χ1) is 10.2. The Balaban J connectivity index is 1.68. The van der Waals surface area contributed by atoms with Gasteiger partial charge < -0.3 is 14.7 Å². The number of aliphatic hydroxyl groups is 1. The summed E-state index contributed by atoms with van der Waals surface area (Å²) in [6, 6.07) is 6.58. The maximum absolute atomic E-state index is 13.4. The van der Waals surface area contributed by atoms with Gasteiger partial charge in [-0.15, -0.1) is 0 Å². The Morgan fingerprint density at radius 1 is 1.38 bits per heavy atom. The van der Waals surface area contributed by atoms with Crippen molar-refractivity contribution >= 4 is 0 Å². The topological polar surface area (TPSA) is 32.7 Å². The van der Waals surface area contributed by atoms with Crippen LogP contribution in [0.4, 0.5) is 4.39 Å².